The molecule has 182 valence electrons. The molecule has 1 saturated carbocycles. The van der Waals surface area contributed by atoms with Gasteiger partial charge in [-0.2, -0.15) is 0 Å². The summed E-state index contributed by atoms with van der Waals surface area (Å²) in [6.45, 7) is 0. The molecule has 3 N–H and O–H groups in total. The van der Waals surface area contributed by atoms with Crippen molar-refractivity contribution in [3.8, 4) is 11.1 Å². The van der Waals surface area contributed by atoms with Crippen LogP contribution < -0.4 is 10.5 Å². The van der Waals surface area contributed by atoms with Crippen LogP contribution in [0.15, 0.2) is 86.5 Å². The van der Waals surface area contributed by atoms with Crippen molar-refractivity contribution in [2.24, 2.45) is 0 Å². The Morgan fingerprint density at radius 1 is 1.03 bits per heavy atom. The molecule has 6 rings (SSSR count). The first-order valence-corrected chi connectivity index (χ1v) is 14.3. The van der Waals surface area contributed by atoms with Gasteiger partial charge in [0.1, 0.15) is 23.6 Å². The highest BCUT2D eigenvalue weighted by molar-refractivity contribution is 8.02. The number of rotatable bonds is 7. The number of fused-ring (bicyclic) bond motifs is 1. The van der Waals surface area contributed by atoms with Crippen LogP contribution in [-0.2, 0) is 0 Å². The monoisotopic (exact) mass is 533 g/mol. The van der Waals surface area contributed by atoms with Crippen molar-refractivity contribution >= 4 is 57.6 Å². The second-order valence-corrected chi connectivity index (χ2v) is 11.9. The lowest BCUT2D eigenvalue weighted by atomic mass is 10.1. The minimum atomic E-state index is -0.312. The van der Waals surface area contributed by atoms with Gasteiger partial charge in [-0.05, 0) is 60.7 Å². The maximum Gasteiger partial charge on any atom is 0.147 e. The second kappa shape index (κ2) is 10.2. The molecule has 36 heavy (non-hydrogen) atoms. The maximum atomic E-state index is 15.2. The number of anilines is 2. The third-order valence-electron chi connectivity index (χ3n) is 6.43. The van der Waals surface area contributed by atoms with Crippen molar-refractivity contribution in [3.63, 3.8) is 0 Å². The first-order valence-electron chi connectivity index (χ1n) is 11.8. The molecule has 0 amide bonds. The lowest BCUT2D eigenvalue weighted by Crippen LogP contribution is -2.04. The zero-order valence-corrected chi connectivity index (χ0v) is 21.8. The Kier molecular flexibility index (Phi) is 6.60. The normalized spacial score (nSPS) is 14.0. The van der Waals surface area contributed by atoms with Crippen molar-refractivity contribution in [2.75, 3.05) is 10.5 Å². The number of nitrogens with one attached hydrogen (secondary N) is 1. The topological polar surface area (TPSA) is 68.8 Å². The number of nitrogen functional groups attached to an aromatic ring is 1. The standard InChI is InChI=1S/C27H24FN5S3/c28-22-12-17(21-14-33(18-6-4-5-7-18)27-25(21)26(29)30-16-31-27)10-11-23(22)32-36-24-13-20(15-34-24)35-19-8-2-1-3-9-19/h1-3,8-16,18,32H,4-7H2,(H2,29,30,31). The van der Waals surface area contributed by atoms with Gasteiger partial charge in [-0.3, -0.25) is 0 Å². The van der Waals surface area contributed by atoms with E-state index in [1.54, 1.807) is 35.2 Å². The molecule has 5 nitrogen and oxygen atoms in total. The zero-order valence-electron chi connectivity index (χ0n) is 19.4. The number of halogens is 1. The van der Waals surface area contributed by atoms with E-state index in [0.29, 0.717) is 17.5 Å². The Morgan fingerprint density at radius 3 is 2.67 bits per heavy atom. The van der Waals surface area contributed by atoms with E-state index in [4.69, 9.17) is 5.73 Å². The summed E-state index contributed by atoms with van der Waals surface area (Å²) in [5.41, 5.74) is 9.17. The van der Waals surface area contributed by atoms with Crippen LogP contribution in [0.1, 0.15) is 31.7 Å². The van der Waals surface area contributed by atoms with E-state index < -0.39 is 0 Å². The molecule has 3 heterocycles. The number of hydrogen-bond acceptors (Lipinski definition) is 7. The predicted octanol–water partition coefficient (Wildman–Crippen LogP) is 8.27. The molecule has 3 aromatic heterocycles. The number of thiophene rings is 1. The highest BCUT2D eigenvalue weighted by Gasteiger charge is 2.23. The molecule has 0 spiro atoms. The Morgan fingerprint density at radius 2 is 1.86 bits per heavy atom. The van der Waals surface area contributed by atoms with Crippen molar-refractivity contribution < 1.29 is 4.39 Å². The summed E-state index contributed by atoms with van der Waals surface area (Å²) in [5, 5.41) is 2.91. The number of aromatic nitrogens is 3. The number of nitrogens with zero attached hydrogens (tertiary/aromatic N) is 3. The number of benzene rings is 2. The highest BCUT2D eigenvalue weighted by atomic mass is 32.2. The van der Waals surface area contributed by atoms with Crippen molar-refractivity contribution in [1.82, 2.24) is 14.5 Å². The smallest absolute Gasteiger partial charge is 0.147 e. The maximum absolute atomic E-state index is 15.2. The Bertz CT molecular complexity index is 1510. The summed E-state index contributed by atoms with van der Waals surface area (Å²) in [6.07, 6.45) is 8.24. The molecular formula is C27H24FN5S3. The van der Waals surface area contributed by atoms with Crippen LogP contribution in [0.25, 0.3) is 22.2 Å². The Labute approximate surface area is 221 Å². The van der Waals surface area contributed by atoms with E-state index >= 15 is 4.39 Å². The van der Waals surface area contributed by atoms with Gasteiger partial charge in [0.25, 0.3) is 0 Å². The van der Waals surface area contributed by atoms with Crippen LogP contribution >= 0.6 is 35.0 Å². The van der Waals surface area contributed by atoms with E-state index in [2.05, 4.69) is 49.0 Å². The quantitative estimate of drug-likeness (QED) is 0.205. The molecule has 1 aliphatic rings. The molecular weight excluding hydrogens is 510 g/mol. The molecule has 2 aromatic carbocycles. The van der Waals surface area contributed by atoms with E-state index in [1.807, 2.05) is 24.3 Å². The number of hydrogen-bond donors (Lipinski definition) is 2. The van der Waals surface area contributed by atoms with Gasteiger partial charge in [-0.15, -0.1) is 11.3 Å². The molecule has 1 fully saturated rings. The third kappa shape index (κ3) is 4.70. The lowest BCUT2D eigenvalue weighted by molar-refractivity contribution is 0.532. The highest BCUT2D eigenvalue weighted by Crippen LogP contribution is 2.40. The van der Waals surface area contributed by atoms with Crippen LogP contribution in [0.4, 0.5) is 15.9 Å². The summed E-state index contributed by atoms with van der Waals surface area (Å²) in [7, 11) is 0. The molecule has 9 heteroatoms. The summed E-state index contributed by atoms with van der Waals surface area (Å²) in [5.74, 6) is 0.111. The average molecular weight is 534 g/mol. The van der Waals surface area contributed by atoms with Crippen LogP contribution in [0.3, 0.4) is 0 Å². The third-order valence-corrected chi connectivity index (χ3v) is 9.46. The molecule has 0 saturated heterocycles. The van der Waals surface area contributed by atoms with Gasteiger partial charge in [0, 0.05) is 33.0 Å². The van der Waals surface area contributed by atoms with Crippen LogP contribution in [0, 0.1) is 5.82 Å². The van der Waals surface area contributed by atoms with Crippen LogP contribution in [0.2, 0.25) is 0 Å². The SMILES string of the molecule is Nc1ncnc2c1c(-c1ccc(NSc3cc(Sc4ccccc4)cs3)c(F)c1)cn2C1CCCC1. The van der Waals surface area contributed by atoms with E-state index in [9.17, 15) is 0 Å². The first kappa shape index (κ1) is 23.4. The minimum Gasteiger partial charge on any atom is -0.383 e. The van der Waals surface area contributed by atoms with Gasteiger partial charge in [0.15, 0.2) is 0 Å². The molecule has 0 aliphatic heterocycles. The summed E-state index contributed by atoms with van der Waals surface area (Å²) < 4.78 is 21.6. The Hall–Kier alpha value is -3.01. The fourth-order valence-corrected chi connectivity index (χ4v) is 7.44. The Balaban J connectivity index is 1.22. The van der Waals surface area contributed by atoms with Crippen LogP contribution in [0.5, 0.6) is 0 Å². The van der Waals surface area contributed by atoms with Crippen molar-refractivity contribution in [1.29, 1.82) is 0 Å². The molecule has 0 radical (unpaired) electrons. The fourth-order valence-electron chi connectivity index (χ4n) is 4.69. The largest absolute Gasteiger partial charge is 0.383 e. The summed E-state index contributed by atoms with van der Waals surface area (Å²) in [4.78, 5) is 11.1. The molecule has 0 unspecified atom stereocenters. The lowest BCUT2D eigenvalue weighted by Gasteiger charge is -2.12. The van der Waals surface area contributed by atoms with Gasteiger partial charge >= 0.3 is 0 Å². The summed E-state index contributed by atoms with van der Waals surface area (Å²) in [6, 6.07) is 18.1. The molecule has 5 aromatic rings. The van der Waals surface area contributed by atoms with Gasteiger partial charge in [-0.1, -0.05) is 48.9 Å². The van der Waals surface area contributed by atoms with Gasteiger partial charge in [0.2, 0.25) is 0 Å². The summed E-state index contributed by atoms with van der Waals surface area (Å²) >= 11 is 4.77. The molecule has 0 bridgehead atoms. The van der Waals surface area contributed by atoms with Gasteiger partial charge in [-0.25, -0.2) is 14.4 Å². The average Bonchev–Trinajstić information content (AvgIpc) is 3.64. The van der Waals surface area contributed by atoms with E-state index in [-0.39, 0.29) is 5.82 Å². The van der Waals surface area contributed by atoms with Crippen molar-refractivity contribution in [2.45, 2.75) is 45.7 Å². The van der Waals surface area contributed by atoms with Gasteiger partial charge in [0.05, 0.1) is 15.3 Å². The number of nitrogens with two attached hydrogens (primary N) is 1. The van der Waals surface area contributed by atoms with Crippen LogP contribution in [-0.4, -0.2) is 14.5 Å². The van der Waals surface area contributed by atoms with Gasteiger partial charge < -0.3 is 15.0 Å². The molecule has 0 atom stereocenters. The molecule has 1 aliphatic carbocycles. The van der Waals surface area contributed by atoms with Crippen molar-refractivity contribution in [3.05, 3.63) is 78.3 Å². The first-order chi connectivity index (χ1) is 17.7. The second-order valence-electron chi connectivity index (χ2n) is 8.76. The fraction of sp³-hybridized carbons (Fsp3) is 0.185. The zero-order chi connectivity index (χ0) is 24.5. The van der Waals surface area contributed by atoms with E-state index in [1.165, 1.54) is 40.9 Å². The minimum absolute atomic E-state index is 0.312. The predicted molar refractivity (Wildman–Crippen MR) is 149 cm³/mol. The van der Waals surface area contributed by atoms with E-state index in [0.717, 1.165) is 39.2 Å².